The van der Waals surface area contributed by atoms with Gasteiger partial charge in [0.25, 0.3) is 5.56 Å². The number of aromatic nitrogens is 3. The number of H-pyrrole nitrogens is 2. The Morgan fingerprint density at radius 2 is 2.14 bits per heavy atom. The average molecular weight is 209 g/mol. The van der Waals surface area contributed by atoms with E-state index >= 15 is 0 Å². The summed E-state index contributed by atoms with van der Waals surface area (Å²) >= 11 is 4.93. The Hall–Kier alpha value is -1.62. The van der Waals surface area contributed by atoms with Crippen LogP contribution in [-0.4, -0.2) is 14.5 Å². The molecule has 0 atom stereocenters. The van der Waals surface area contributed by atoms with E-state index in [2.05, 4.69) is 23.1 Å². The first-order valence-corrected chi connectivity index (χ1v) is 4.37. The normalized spacial score (nSPS) is 9.50. The van der Waals surface area contributed by atoms with Crippen LogP contribution >= 0.6 is 12.2 Å². The van der Waals surface area contributed by atoms with Crippen LogP contribution in [-0.2, 0) is 7.05 Å². The van der Waals surface area contributed by atoms with Crippen LogP contribution in [0.15, 0.2) is 30.2 Å². The first-order chi connectivity index (χ1) is 6.70. The van der Waals surface area contributed by atoms with E-state index in [1.165, 1.54) is 0 Å². The number of nitrogens with zero attached hydrogens (tertiary/aromatic N) is 1. The van der Waals surface area contributed by atoms with Gasteiger partial charge in [-0.3, -0.25) is 9.78 Å². The average Bonchev–Trinajstić information content (AvgIpc) is 2.67. The van der Waals surface area contributed by atoms with E-state index in [0.29, 0.717) is 10.3 Å². The fraction of sp³-hybridized carbons (Fsp3) is 0.111. The van der Waals surface area contributed by atoms with Crippen molar-refractivity contribution in [3.8, 4) is 0 Å². The molecule has 0 aromatic carbocycles. The molecule has 0 aliphatic rings. The van der Waals surface area contributed by atoms with Gasteiger partial charge >= 0.3 is 0 Å². The van der Waals surface area contributed by atoms with Crippen LogP contribution in [0.4, 0.5) is 0 Å². The molecule has 2 aromatic heterocycles. The van der Waals surface area contributed by atoms with E-state index in [1.807, 2.05) is 13.1 Å². The Kier molecular flexibility index (Phi) is 3.03. The molecule has 2 aromatic rings. The molecule has 14 heavy (non-hydrogen) atoms. The third-order valence-electron chi connectivity index (χ3n) is 1.84. The molecule has 0 aliphatic heterocycles. The topological polar surface area (TPSA) is 53.6 Å². The highest BCUT2D eigenvalue weighted by molar-refractivity contribution is 7.71. The van der Waals surface area contributed by atoms with Crippen molar-refractivity contribution in [1.82, 2.24) is 14.5 Å². The second-order valence-electron chi connectivity index (χ2n) is 2.56. The predicted molar refractivity (Wildman–Crippen MR) is 60.0 cm³/mol. The SMILES string of the molecule is C=C.Cn1c(=S)[nH]c(=O)c2[nH]ccc21. The van der Waals surface area contributed by atoms with Crippen LogP contribution in [0, 0.1) is 4.77 Å². The predicted octanol–water partition coefficient (Wildman–Crippen LogP) is 1.73. The summed E-state index contributed by atoms with van der Waals surface area (Å²) in [4.78, 5) is 16.6. The molecular weight excluding hydrogens is 198 g/mol. The molecule has 0 saturated heterocycles. The maximum Gasteiger partial charge on any atom is 0.276 e. The van der Waals surface area contributed by atoms with Gasteiger partial charge < -0.3 is 9.55 Å². The van der Waals surface area contributed by atoms with Gasteiger partial charge in [-0.05, 0) is 18.3 Å². The number of fused-ring (bicyclic) bond motifs is 1. The van der Waals surface area contributed by atoms with Crippen molar-refractivity contribution in [2.45, 2.75) is 0 Å². The standard InChI is InChI=1S/C7H7N3OS.C2H4/c1-10-4-2-3-8-5(4)6(11)9-7(10)12;1-2/h2-3,8H,1H3,(H,9,11,12);1-2H2. The van der Waals surface area contributed by atoms with E-state index in [9.17, 15) is 4.79 Å². The molecule has 2 rings (SSSR count). The highest BCUT2D eigenvalue weighted by atomic mass is 32.1. The van der Waals surface area contributed by atoms with Gasteiger partial charge in [-0.15, -0.1) is 13.2 Å². The lowest BCUT2D eigenvalue weighted by Gasteiger charge is -1.98. The number of aryl methyl sites for hydroxylation is 1. The number of rotatable bonds is 0. The van der Waals surface area contributed by atoms with Crippen molar-refractivity contribution in [2.24, 2.45) is 7.05 Å². The maximum absolute atomic E-state index is 11.2. The van der Waals surface area contributed by atoms with Crippen molar-refractivity contribution in [1.29, 1.82) is 0 Å². The summed E-state index contributed by atoms with van der Waals surface area (Å²) in [7, 11) is 1.81. The third kappa shape index (κ3) is 1.54. The molecule has 0 saturated carbocycles. The van der Waals surface area contributed by atoms with Gasteiger partial charge in [-0.25, -0.2) is 0 Å². The molecule has 2 heterocycles. The molecule has 0 spiro atoms. The van der Waals surface area contributed by atoms with Crippen LogP contribution in [0.25, 0.3) is 11.0 Å². The minimum atomic E-state index is -0.168. The van der Waals surface area contributed by atoms with Gasteiger partial charge in [0.1, 0.15) is 5.52 Å². The fourth-order valence-corrected chi connectivity index (χ4v) is 1.37. The van der Waals surface area contributed by atoms with Crippen molar-refractivity contribution < 1.29 is 0 Å². The largest absolute Gasteiger partial charge is 0.355 e. The molecule has 0 bridgehead atoms. The lowest BCUT2D eigenvalue weighted by atomic mass is 10.4. The summed E-state index contributed by atoms with van der Waals surface area (Å²) in [6.07, 6.45) is 1.72. The Bertz CT molecular complexity index is 549. The van der Waals surface area contributed by atoms with E-state index in [1.54, 1.807) is 10.8 Å². The van der Waals surface area contributed by atoms with Crippen molar-refractivity contribution in [2.75, 3.05) is 0 Å². The van der Waals surface area contributed by atoms with Crippen LogP contribution in [0.3, 0.4) is 0 Å². The van der Waals surface area contributed by atoms with Gasteiger partial charge in [0, 0.05) is 13.2 Å². The highest BCUT2D eigenvalue weighted by Crippen LogP contribution is 2.04. The molecule has 0 fully saturated rings. The summed E-state index contributed by atoms with van der Waals surface area (Å²) in [5.41, 5.74) is 1.22. The molecule has 74 valence electrons. The lowest BCUT2D eigenvalue weighted by Crippen LogP contribution is -2.11. The monoisotopic (exact) mass is 209 g/mol. The van der Waals surface area contributed by atoms with Crippen molar-refractivity contribution in [3.63, 3.8) is 0 Å². The Labute approximate surface area is 85.9 Å². The number of nitrogens with one attached hydrogen (secondary N) is 2. The smallest absolute Gasteiger partial charge is 0.276 e. The summed E-state index contributed by atoms with van der Waals surface area (Å²) < 4.78 is 2.19. The van der Waals surface area contributed by atoms with Gasteiger partial charge in [-0.2, -0.15) is 0 Å². The second-order valence-corrected chi connectivity index (χ2v) is 2.94. The zero-order chi connectivity index (χ0) is 10.7. The van der Waals surface area contributed by atoms with Crippen LogP contribution < -0.4 is 5.56 Å². The minimum absolute atomic E-state index is 0.168. The minimum Gasteiger partial charge on any atom is -0.355 e. The molecule has 4 nitrogen and oxygen atoms in total. The highest BCUT2D eigenvalue weighted by Gasteiger charge is 2.01. The summed E-state index contributed by atoms with van der Waals surface area (Å²) in [6.45, 7) is 6.00. The molecule has 0 unspecified atom stereocenters. The first-order valence-electron chi connectivity index (χ1n) is 3.96. The Morgan fingerprint density at radius 1 is 1.50 bits per heavy atom. The van der Waals surface area contributed by atoms with Crippen molar-refractivity contribution in [3.05, 3.63) is 40.5 Å². The second kappa shape index (κ2) is 4.06. The zero-order valence-electron chi connectivity index (χ0n) is 7.83. The van der Waals surface area contributed by atoms with Crippen LogP contribution in [0.1, 0.15) is 0 Å². The molecule has 0 aliphatic carbocycles. The third-order valence-corrected chi connectivity index (χ3v) is 2.21. The fourth-order valence-electron chi connectivity index (χ4n) is 1.18. The number of aromatic amines is 2. The lowest BCUT2D eigenvalue weighted by molar-refractivity contribution is 0.879. The van der Waals surface area contributed by atoms with Gasteiger partial charge in [0.05, 0.1) is 5.52 Å². The first kappa shape index (κ1) is 10.5. The van der Waals surface area contributed by atoms with Crippen LogP contribution in [0.5, 0.6) is 0 Å². The zero-order valence-corrected chi connectivity index (χ0v) is 8.65. The molecule has 0 amide bonds. The molecule has 0 radical (unpaired) electrons. The summed E-state index contributed by atoms with van der Waals surface area (Å²) in [5, 5.41) is 0. The van der Waals surface area contributed by atoms with E-state index < -0.39 is 0 Å². The van der Waals surface area contributed by atoms with Gasteiger partial charge in [0.15, 0.2) is 4.77 Å². The maximum atomic E-state index is 11.2. The number of hydrogen-bond acceptors (Lipinski definition) is 2. The quantitative estimate of drug-likeness (QED) is 0.513. The molecular formula is C9H11N3OS. The van der Waals surface area contributed by atoms with Gasteiger partial charge in [0.2, 0.25) is 0 Å². The van der Waals surface area contributed by atoms with E-state index in [-0.39, 0.29) is 5.56 Å². The Balaban J connectivity index is 0.000000461. The Morgan fingerprint density at radius 3 is 2.79 bits per heavy atom. The number of hydrogen-bond donors (Lipinski definition) is 2. The van der Waals surface area contributed by atoms with Crippen molar-refractivity contribution >= 4 is 23.3 Å². The van der Waals surface area contributed by atoms with Gasteiger partial charge in [-0.1, -0.05) is 0 Å². The van der Waals surface area contributed by atoms with E-state index in [4.69, 9.17) is 12.2 Å². The van der Waals surface area contributed by atoms with E-state index in [0.717, 1.165) is 5.52 Å². The van der Waals surface area contributed by atoms with Crippen LogP contribution in [0.2, 0.25) is 0 Å². The molecule has 2 N–H and O–H groups in total. The summed E-state index contributed by atoms with van der Waals surface area (Å²) in [5.74, 6) is 0. The molecule has 5 heteroatoms. The summed E-state index contributed by atoms with van der Waals surface area (Å²) in [6, 6.07) is 1.82.